The molecule has 0 spiro atoms. The number of ether oxygens (including phenoxy) is 1. The summed E-state index contributed by atoms with van der Waals surface area (Å²) in [4.78, 5) is 59.8. The molecule has 4 aliphatic carbocycles. The predicted octanol–water partition coefficient (Wildman–Crippen LogP) is 4.51. The molecule has 1 heterocycles. The van der Waals surface area contributed by atoms with Crippen LogP contribution in [0.15, 0.2) is 0 Å². The molecule has 3 amide bonds. The SMILES string of the molecule is CC(C)(C)OC(=O)N(C1CCCCC1)[C@H](C(=O)N1C[C@@H]2[C@H](C1C(=O)NC(CC1CCC1)C(=O)C(N)O)C2(C)C)C1CCCCC1. The third-order valence-electron chi connectivity index (χ3n) is 11.7. The van der Waals surface area contributed by atoms with Crippen LogP contribution in [0.2, 0.25) is 0 Å². The lowest BCUT2D eigenvalue weighted by molar-refractivity contribution is -0.148. The summed E-state index contributed by atoms with van der Waals surface area (Å²) in [7, 11) is 0. The molecule has 10 nitrogen and oxygen atoms in total. The Morgan fingerprint density at radius 1 is 0.956 bits per heavy atom. The number of Topliss-reactive ketones (excluding diaryl/α,β-unsaturated/α-hetero) is 1. The minimum absolute atomic E-state index is 0.00493. The van der Waals surface area contributed by atoms with Crippen LogP contribution in [0.1, 0.15) is 125 Å². The number of aliphatic hydroxyl groups excluding tert-OH is 1. The van der Waals surface area contributed by atoms with Gasteiger partial charge in [0.25, 0.3) is 0 Å². The molecule has 45 heavy (non-hydrogen) atoms. The van der Waals surface area contributed by atoms with Crippen LogP contribution in [-0.4, -0.2) is 81.1 Å². The van der Waals surface area contributed by atoms with E-state index in [0.717, 1.165) is 83.5 Å². The second kappa shape index (κ2) is 13.5. The van der Waals surface area contributed by atoms with E-state index in [4.69, 9.17) is 10.5 Å². The molecule has 1 saturated heterocycles. The van der Waals surface area contributed by atoms with Crippen molar-refractivity contribution in [1.82, 2.24) is 15.1 Å². The molecule has 5 fully saturated rings. The van der Waals surface area contributed by atoms with Gasteiger partial charge in [0.15, 0.2) is 12.0 Å². The van der Waals surface area contributed by atoms with E-state index < -0.39 is 41.8 Å². The Morgan fingerprint density at radius 2 is 1.56 bits per heavy atom. The van der Waals surface area contributed by atoms with Crippen molar-refractivity contribution >= 4 is 23.7 Å². The van der Waals surface area contributed by atoms with Gasteiger partial charge in [0.05, 0.1) is 6.04 Å². The second-order valence-corrected chi connectivity index (χ2v) is 16.4. The molecule has 4 N–H and O–H groups in total. The topological polar surface area (TPSA) is 142 Å². The number of ketones is 1. The predicted molar refractivity (Wildman–Crippen MR) is 171 cm³/mol. The molecular weight excluding hydrogens is 572 g/mol. The molecule has 0 aromatic rings. The van der Waals surface area contributed by atoms with Crippen molar-refractivity contribution in [3.8, 4) is 0 Å². The number of amides is 3. The number of nitrogens with one attached hydrogen (secondary N) is 1. The molecule has 0 radical (unpaired) electrons. The van der Waals surface area contributed by atoms with Crippen LogP contribution in [-0.2, 0) is 19.1 Å². The number of likely N-dealkylation sites (tertiary alicyclic amines) is 1. The van der Waals surface area contributed by atoms with Crippen LogP contribution in [0.3, 0.4) is 0 Å². The zero-order valence-corrected chi connectivity index (χ0v) is 28.3. The lowest BCUT2D eigenvalue weighted by Gasteiger charge is -2.45. The van der Waals surface area contributed by atoms with E-state index >= 15 is 4.79 Å². The lowest BCUT2D eigenvalue weighted by Crippen LogP contribution is -2.62. The quantitative estimate of drug-likeness (QED) is 0.302. The van der Waals surface area contributed by atoms with Gasteiger partial charge in [-0.25, -0.2) is 4.79 Å². The molecular formula is C35H58N4O6. The first-order valence-electron chi connectivity index (χ1n) is 17.8. The van der Waals surface area contributed by atoms with E-state index in [-0.39, 0.29) is 41.0 Å². The number of carbonyl (C=O) groups is 4. The average Bonchev–Trinajstić information content (AvgIpc) is 3.27. The van der Waals surface area contributed by atoms with Gasteiger partial charge >= 0.3 is 6.09 Å². The van der Waals surface area contributed by atoms with Crippen LogP contribution in [0.4, 0.5) is 4.79 Å². The van der Waals surface area contributed by atoms with Crippen LogP contribution >= 0.6 is 0 Å². The van der Waals surface area contributed by atoms with E-state index in [2.05, 4.69) is 19.2 Å². The van der Waals surface area contributed by atoms with Crippen molar-refractivity contribution in [1.29, 1.82) is 0 Å². The van der Waals surface area contributed by atoms with Crippen LogP contribution in [0.5, 0.6) is 0 Å². The van der Waals surface area contributed by atoms with E-state index in [1.807, 2.05) is 20.8 Å². The number of rotatable bonds is 10. The summed E-state index contributed by atoms with van der Waals surface area (Å²) < 4.78 is 5.99. The number of fused-ring (bicyclic) bond motifs is 1. The molecule has 0 bridgehead atoms. The van der Waals surface area contributed by atoms with Crippen molar-refractivity contribution in [2.75, 3.05) is 6.54 Å². The maximum Gasteiger partial charge on any atom is 0.411 e. The van der Waals surface area contributed by atoms with Gasteiger partial charge in [-0.1, -0.05) is 71.6 Å². The van der Waals surface area contributed by atoms with Crippen molar-refractivity contribution in [3.63, 3.8) is 0 Å². The first kappa shape index (κ1) is 34.1. The number of carbonyl (C=O) groups excluding carboxylic acids is 4. The van der Waals surface area contributed by atoms with Crippen LogP contribution in [0.25, 0.3) is 0 Å². The smallest absolute Gasteiger partial charge is 0.411 e. The van der Waals surface area contributed by atoms with E-state index in [0.29, 0.717) is 18.9 Å². The van der Waals surface area contributed by atoms with Gasteiger partial charge in [-0.3, -0.25) is 25.0 Å². The number of hydrogen-bond acceptors (Lipinski definition) is 7. The first-order chi connectivity index (χ1) is 21.2. The average molecular weight is 631 g/mol. The molecule has 5 rings (SSSR count). The highest BCUT2D eigenvalue weighted by molar-refractivity contribution is 5.96. The Hall–Kier alpha value is -2.20. The van der Waals surface area contributed by atoms with Gasteiger partial charge in [0, 0.05) is 12.6 Å². The molecule has 3 unspecified atom stereocenters. The van der Waals surface area contributed by atoms with Crippen LogP contribution < -0.4 is 11.1 Å². The minimum Gasteiger partial charge on any atom is -0.444 e. The van der Waals surface area contributed by atoms with Gasteiger partial charge in [0.2, 0.25) is 11.8 Å². The third-order valence-corrected chi connectivity index (χ3v) is 11.7. The fourth-order valence-electron chi connectivity index (χ4n) is 8.92. The number of piperidine rings is 1. The third kappa shape index (κ3) is 7.37. The van der Waals surface area contributed by atoms with Gasteiger partial charge in [-0.2, -0.15) is 0 Å². The molecule has 254 valence electrons. The molecule has 0 aromatic carbocycles. The lowest BCUT2D eigenvalue weighted by atomic mass is 9.80. The fourth-order valence-corrected chi connectivity index (χ4v) is 8.92. The fraction of sp³-hybridized carbons (Fsp3) is 0.886. The Balaban J connectivity index is 1.46. The van der Waals surface area contributed by atoms with E-state index in [9.17, 15) is 19.5 Å². The van der Waals surface area contributed by atoms with Crippen molar-refractivity contribution in [2.45, 2.75) is 161 Å². The zero-order chi connectivity index (χ0) is 32.7. The van der Waals surface area contributed by atoms with Gasteiger partial charge in [-0.15, -0.1) is 0 Å². The Kier molecular flexibility index (Phi) is 10.2. The molecule has 10 heteroatoms. The summed E-state index contributed by atoms with van der Waals surface area (Å²) in [5.74, 6) is -0.695. The van der Waals surface area contributed by atoms with Crippen LogP contribution in [0, 0.1) is 29.1 Å². The summed E-state index contributed by atoms with van der Waals surface area (Å²) in [5, 5.41) is 12.9. The highest BCUT2D eigenvalue weighted by Gasteiger charge is 2.70. The maximum absolute atomic E-state index is 15.0. The normalized spacial score (nSPS) is 29.1. The Labute approximate surface area is 269 Å². The zero-order valence-electron chi connectivity index (χ0n) is 28.3. The summed E-state index contributed by atoms with van der Waals surface area (Å²) in [6.07, 6.45) is 11.0. The largest absolute Gasteiger partial charge is 0.444 e. The van der Waals surface area contributed by atoms with Gasteiger partial charge in [-0.05, 0) is 82.0 Å². The summed E-state index contributed by atoms with van der Waals surface area (Å²) in [5.41, 5.74) is 4.77. The van der Waals surface area contributed by atoms with Crippen molar-refractivity contribution in [3.05, 3.63) is 0 Å². The molecule has 1 aliphatic heterocycles. The minimum atomic E-state index is -1.67. The van der Waals surface area contributed by atoms with E-state index in [1.165, 1.54) is 0 Å². The van der Waals surface area contributed by atoms with Crippen molar-refractivity contribution < 1.29 is 29.0 Å². The molecule has 4 saturated carbocycles. The summed E-state index contributed by atoms with van der Waals surface area (Å²) >= 11 is 0. The first-order valence-corrected chi connectivity index (χ1v) is 17.8. The molecule has 6 atom stereocenters. The second-order valence-electron chi connectivity index (χ2n) is 16.4. The Bertz CT molecular complexity index is 1100. The van der Waals surface area contributed by atoms with E-state index in [1.54, 1.807) is 9.80 Å². The van der Waals surface area contributed by atoms with Crippen molar-refractivity contribution in [2.24, 2.45) is 34.8 Å². The Morgan fingerprint density at radius 3 is 2.09 bits per heavy atom. The maximum atomic E-state index is 15.0. The highest BCUT2D eigenvalue weighted by atomic mass is 16.6. The number of nitrogens with two attached hydrogens (primary N) is 1. The summed E-state index contributed by atoms with van der Waals surface area (Å²) in [6, 6.07) is -2.42. The van der Waals surface area contributed by atoms with Gasteiger partial charge in [0.1, 0.15) is 17.7 Å². The van der Waals surface area contributed by atoms with Gasteiger partial charge < -0.3 is 20.1 Å². The monoisotopic (exact) mass is 630 g/mol. The molecule has 0 aromatic heterocycles. The summed E-state index contributed by atoms with van der Waals surface area (Å²) in [6.45, 7) is 10.3. The molecule has 5 aliphatic rings. The highest BCUT2D eigenvalue weighted by Crippen LogP contribution is 2.65. The standard InChI is InChI=1S/C35H58N4O6/c1-34(2,3)45-33(44)39(23-17-10-7-11-18-23)27(22-15-8-6-9-16-22)32(43)38-20-24-26(35(24,4)5)28(38)31(42)37-25(29(40)30(36)41)19-21-13-12-14-21/h21-28,30,41H,6-20,36H2,1-5H3,(H,37,42)/t24-,25?,26-,27+,28?,30?/m1/s1. The number of aliphatic hydroxyl groups is 1. The number of nitrogens with zero attached hydrogens (tertiary/aromatic N) is 2. The number of hydrogen-bond donors (Lipinski definition) is 3.